The van der Waals surface area contributed by atoms with Crippen molar-refractivity contribution in [1.29, 1.82) is 0 Å². The molecule has 0 aliphatic heterocycles. The molecule has 24 heavy (non-hydrogen) atoms. The smallest absolute Gasteiger partial charge is 0.263 e. The van der Waals surface area contributed by atoms with Crippen LogP contribution >= 0.6 is 23.1 Å². The molecule has 0 aromatic carbocycles. The Morgan fingerprint density at radius 1 is 1.29 bits per heavy atom. The van der Waals surface area contributed by atoms with E-state index in [0.29, 0.717) is 17.1 Å². The molecule has 1 atom stereocenters. The van der Waals surface area contributed by atoms with Crippen molar-refractivity contribution < 1.29 is 0 Å². The van der Waals surface area contributed by atoms with E-state index in [1.807, 2.05) is 6.26 Å². The van der Waals surface area contributed by atoms with Crippen LogP contribution in [0.4, 0.5) is 0 Å². The van der Waals surface area contributed by atoms with Crippen LogP contribution in [0.15, 0.2) is 9.95 Å². The van der Waals surface area contributed by atoms with Crippen molar-refractivity contribution in [2.45, 2.75) is 45.2 Å². The largest absolute Gasteiger partial charge is 0.279 e. The zero-order valence-electron chi connectivity index (χ0n) is 14.7. The van der Waals surface area contributed by atoms with Crippen LogP contribution in [0.5, 0.6) is 0 Å². The average Bonchev–Trinajstić information content (AvgIpc) is 3.11. The van der Waals surface area contributed by atoms with Gasteiger partial charge in [0.15, 0.2) is 5.16 Å². The van der Waals surface area contributed by atoms with Gasteiger partial charge in [0.2, 0.25) is 5.78 Å². The molecule has 0 spiro atoms. The number of thiophene rings is 1. The molecular weight excluding hydrogens is 340 g/mol. The molecule has 3 aromatic heterocycles. The monoisotopic (exact) mass is 362 g/mol. The lowest BCUT2D eigenvalue weighted by atomic mass is 9.72. The first kappa shape index (κ1) is 16.1. The normalized spacial score (nSPS) is 18.5. The number of fused-ring (bicyclic) bond motifs is 5. The molecule has 128 valence electrons. The molecule has 3 heterocycles. The highest BCUT2D eigenvalue weighted by Crippen LogP contribution is 2.42. The summed E-state index contributed by atoms with van der Waals surface area (Å²) in [7, 11) is 1.79. The van der Waals surface area contributed by atoms with Gasteiger partial charge >= 0.3 is 0 Å². The van der Waals surface area contributed by atoms with Gasteiger partial charge in [0.05, 0.1) is 5.39 Å². The van der Waals surface area contributed by atoms with Crippen LogP contribution in [-0.2, 0) is 19.9 Å². The first-order valence-electron chi connectivity index (χ1n) is 8.25. The fraction of sp³-hybridized carbons (Fsp3) is 0.588. The van der Waals surface area contributed by atoms with E-state index in [1.165, 1.54) is 10.4 Å². The van der Waals surface area contributed by atoms with Gasteiger partial charge in [0, 0.05) is 11.9 Å². The van der Waals surface area contributed by atoms with Crippen molar-refractivity contribution in [3.8, 4) is 0 Å². The summed E-state index contributed by atoms with van der Waals surface area (Å²) in [5.74, 6) is 1.29. The second-order valence-corrected chi connectivity index (χ2v) is 9.53. The molecule has 1 unspecified atom stereocenters. The predicted molar refractivity (Wildman–Crippen MR) is 100 cm³/mol. The fourth-order valence-electron chi connectivity index (χ4n) is 3.74. The lowest BCUT2D eigenvalue weighted by molar-refractivity contribution is 0.218. The molecule has 0 N–H and O–H groups in total. The maximum atomic E-state index is 12.9. The van der Waals surface area contributed by atoms with E-state index < -0.39 is 0 Å². The zero-order valence-corrected chi connectivity index (χ0v) is 16.3. The van der Waals surface area contributed by atoms with E-state index in [-0.39, 0.29) is 5.56 Å². The number of nitrogens with zero attached hydrogens (tertiary/aromatic N) is 4. The Labute approximate surface area is 149 Å². The third kappa shape index (κ3) is 2.17. The molecule has 0 radical (unpaired) electrons. The van der Waals surface area contributed by atoms with E-state index in [9.17, 15) is 4.79 Å². The number of hydrogen-bond donors (Lipinski definition) is 0. The van der Waals surface area contributed by atoms with E-state index in [4.69, 9.17) is 0 Å². The number of hydrogen-bond acceptors (Lipinski definition) is 5. The highest BCUT2D eigenvalue weighted by Gasteiger charge is 2.32. The highest BCUT2D eigenvalue weighted by atomic mass is 32.2. The maximum Gasteiger partial charge on any atom is 0.263 e. The van der Waals surface area contributed by atoms with Crippen molar-refractivity contribution in [2.75, 3.05) is 6.26 Å². The number of rotatable bonds is 1. The van der Waals surface area contributed by atoms with Crippen LogP contribution in [0.2, 0.25) is 0 Å². The summed E-state index contributed by atoms with van der Waals surface area (Å²) >= 11 is 3.33. The Bertz CT molecular complexity index is 1010. The van der Waals surface area contributed by atoms with Gasteiger partial charge in [-0.15, -0.1) is 21.5 Å². The molecule has 1 aliphatic carbocycles. The summed E-state index contributed by atoms with van der Waals surface area (Å²) in [6, 6.07) is 0. The van der Waals surface area contributed by atoms with Crippen molar-refractivity contribution in [3.05, 3.63) is 20.8 Å². The van der Waals surface area contributed by atoms with Gasteiger partial charge in [-0.1, -0.05) is 32.5 Å². The summed E-state index contributed by atoms with van der Waals surface area (Å²) < 4.78 is 3.69. The summed E-state index contributed by atoms with van der Waals surface area (Å²) in [5, 5.41) is 10.2. The van der Waals surface area contributed by atoms with E-state index in [1.54, 1.807) is 34.7 Å². The lowest BCUT2D eigenvalue weighted by Crippen LogP contribution is -2.27. The van der Waals surface area contributed by atoms with Crippen LogP contribution in [-0.4, -0.2) is 25.4 Å². The highest BCUT2D eigenvalue weighted by molar-refractivity contribution is 7.98. The SMILES string of the molecule is CSc1nnc2n(C)c(=O)c3c4c(sc3n12)CC(C(C)(C)C)CC4. The van der Waals surface area contributed by atoms with Gasteiger partial charge in [-0.25, -0.2) is 4.40 Å². The topological polar surface area (TPSA) is 52.2 Å². The number of thioether (sulfide) groups is 1. The predicted octanol–water partition coefficient (Wildman–Crippen LogP) is 3.52. The molecular formula is C17H22N4OS2. The van der Waals surface area contributed by atoms with Crippen LogP contribution in [0.1, 0.15) is 37.6 Å². The minimum Gasteiger partial charge on any atom is -0.279 e. The van der Waals surface area contributed by atoms with Crippen LogP contribution in [0.3, 0.4) is 0 Å². The second kappa shape index (κ2) is 5.33. The van der Waals surface area contributed by atoms with Crippen molar-refractivity contribution in [1.82, 2.24) is 19.2 Å². The third-order valence-electron chi connectivity index (χ3n) is 5.29. The molecule has 0 fully saturated rings. The Balaban J connectivity index is 2.03. The summed E-state index contributed by atoms with van der Waals surface area (Å²) in [6.45, 7) is 6.95. The summed E-state index contributed by atoms with van der Waals surface area (Å²) in [5.41, 5.74) is 1.62. The van der Waals surface area contributed by atoms with Gasteiger partial charge in [-0.2, -0.15) is 0 Å². The quantitative estimate of drug-likeness (QED) is 0.622. The minimum absolute atomic E-state index is 0.0595. The average molecular weight is 363 g/mol. The molecule has 7 heteroatoms. The molecule has 0 saturated carbocycles. The molecule has 4 rings (SSSR count). The molecule has 3 aromatic rings. The van der Waals surface area contributed by atoms with Gasteiger partial charge in [-0.05, 0) is 42.4 Å². The van der Waals surface area contributed by atoms with Crippen LogP contribution < -0.4 is 5.56 Å². The third-order valence-corrected chi connectivity index (χ3v) is 7.16. The molecule has 5 nitrogen and oxygen atoms in total. The first-order chi connectivity index (χ1) is 11.3. The van der Waals surface area contributed by atoms with Crippen molar-refractivity contribution in [2.24, 2.45) is 18.4 Å². The fourth-order valence-corrected chi connectivity index (χ4v) is 5.69. The molecule has 1 aliphatic rings. The van der Waals surface area contributed by atoms with Crippen molar-refractivity contribution >= 4 is 39.1 Å². The minimum atomic E-state index is 0.0595. The Morgan fingerprint density at radius 2 is 2.04 bits per heavy atom. The van der Waals surface area contributed by atoms with Gasteiger partial charge in [0.25, 0.3) is 5.56 Å². The van der Waals surface area contributed by atoms with E-state index in [0.717, 1.165) is 34.6 Å². The van der Waals surface area contributed by atoms with E-state index >= 15 is 0 Å². The Hall–Kier alpha value is -1.34. The van der Waals surface area contributed by atoms with Crippen LogP contribution in [0, 0.1) is 11.3 Å². The molecule has 0 saturated heterocycles. The van der Waals surface area contributed by atoms with Gasteiger partial charge in [-0.3, -0.25) is 9.36 Å². The van der Waals surface area contributed by atoms with E-state index in [2.05, 4.69) is 35.4 Å². The standard InChI is InChI=1S/C17H22N4OS2/c1-17(2,3)9-6-7-10-11(8-9)24-14-12(10)13(22)20(4)15-18-19-16(23-5)21(14)15/h9H,6-8H2,1-5H3. The first-order valence-corrected chi connectivity index (χ1v) is 10.3. The number of aryl methyl sites for hydroxylation is 2. The Morgan fingerprint density at radius 3 is 2.71 bits per heavy atom. The number of aromatic nitrogens is 4. The zero-order chi connectivity index (χ0) is 17.2. The van der Waals surface area contributed by atoms with Gasteiger partial charge in [0.1, 0.15) is 4.83 Å². The molecule has 0 amide bonds. The lowest BCUT2D eigenvalue weighted by Gasteiger charge is -2.33. The Kier molecular flexibility index (Phi) is 3.58. The van der Waals surface area contributed by atoms with Crippen molar-refractivity contribution in [3.63, 3.8) is 0 Å². The maximum absolute atomic E-state index is 12.9. The second-order valence-electron chi connectivity index (χ2n) is 7.68. The molecule has 0 bridgehead atoms. The van der Waals surface area contributed by atoms with Crippen LogP contribution in [0.25, 0.3) is 16.0 Å². The summed E-state index contributed by atoms with van der Waals surface area (Å²) in [4.78, 5) is 15.3. The summed E-state index contributed by atoms with van der Waals surface area (Å²) in [6.07, 6.45) is 5.21. The van der Waals surface area contributed by atoms with Gasteiger partial charge < -0.3 is 0 Å².